The average Bonchev–Trinajstić information content (AvgIpc) is 2.58. The minimum atomic E-state index is 0.0388. The minimum absolute atomic E-state index is 0.0388. The summed E-state index contributed by atoms with van der Waals surface area (Å²) in [5.41, 5.74) is 1.43. The molecule has 0 aliphatic heterocycles. The Bertz CT molecular complexity index is 441. The zero-order valence-electron chi connectivity index (χ0n) is 13.2. The standard InChI is InChI=1S/C18H26ClNO2/c19-12-4-7-18(21)20-13-14-22-17-10-8-16(9-11-17)15-5-2-1-3-6-15/h8-11,15H,1-7,12-14H2,(H,20,21). The Kier molecular flexibility index (Phi) is 7.58. The number of halogens is 1. The fourth-order valence-corrected chi connectivity index (χ4v) is 3.08. The van der Waals surface area contributed by atoms with Crippen molar-refractivity contribution in [3.63, 3.8) is 0 Å². The van der Waals surface area contributed by atoms with Gasteiger partial charge in [-0.25, -0.2) is 0 Å². The predicted molar refractivity (Wildman–Crippen MR) is 90.7 cm³/mol. The summed E-state index contributed by atoms with van der Waals surface area (Å²) >= 11 is 5.55. The molecule has 1 aliphatic rings. The number of hydrogen-bond acceptors (Lipinski definition) is 2. The van der Waals surface area contributed by atoms with Crippen LogP contribution >= 0.6 is 11.6 Å². The largest absolute Gasteiger partial charge is 0.492 e. The lowest BCUT2D eigenvalue weighted by atomic mass is 9.84. The molecule has 0 heterocycles. The lowest BCUT2D eigenvalue weighted by molar-refractivity contribution is -0.121. The zero-order valence-corrected chi connectivity index (χ0v) is 13.9. The van der Waals surface area contributed by atoms with Crippen molar-refractivity contribution < 1.29 is 9.53 Å². The highest BCUT2D eigenvalue weighted by molar-refractivity contribution is 6.17. The van der Waals surface area contributed by atoms with Gasteiger partial charge in [0.15, 0.2) is 0 Å². The van der Waals surface area contributed by atoms with Gasteiger partial charge in [0.05, 0.1) is 6.54 Å². The van der Waals surface area contributed by atoms with Gasteiger partial charge in [0.1, 0.15) is 12.4 Å². The van der Waals surface area contributed by atoms with Gasteiger partial charge in [-0.15, -0.1) is 11.6 Å². The second-order valence-corrected chi connectivity index (χ2v) is 6.27. The molecule has 0 radical (unpaired) electrons. The van der Waals surface area contributed by atoms with Gasteiger partial charge in [-0.3, -0.25) is 4.79 Å². The molecule has 1 aromatic carbocycles. The van der Waals surface area contributed by atoms with Crippen LogP contribution in [0.4, 0.5) is 0 Å². The molecule has 1 fully saturated rings. The van der Waals surface area contributed by atoms with Gasteiger partial charge in [-0.05, 0) is 42.9 Å². The first-order valence-electron chi connectivity index (χ1n) is 8.35. The smallest absolute Gasteiger partial charge is 0.220 e. The number of benzene rings is 1. The van der Waals surface area contributed by atoms with Crippen molar-refractivity contribution in [1.82, 2.24) is 5.32 Å². The number of carbonyl (C=O) groups is 1. The number of amides is 1. The summed E-state index contributed by atoms with van der Waals surface area (Å²) in [6.45, 7) is 1.03. The monoisotopic (exact) mass is 323 g/mol. The molecule has 122 valence electrons. The number of rotatable bonds is 8. The molecular formula is C18H26ClNO2. The quantitative estimate of drug-likeness (QED) is 0.573. The van der Waals surface area contributed by atoms with Gasteiger partial charge in [0, 0.05) is 12.3 Å². The van der Waals surface area contributed by atoms with Crippen molar-refractivity contribution in [2.24, 2.45) is 0 Å². The van der Waals surface area contributed by atoms with Gasteiger partial charge < -0.3 is 10.1 Å². The summed E-state index contributed by atoms with van der Waals surface area (Å²) in [6.07, 6.45) is 7.92. The van der Waals surface area contributed by atoms with Gasteiger partial charge >= 0.3 is 0 Å². The van der Waals surface area contributed by atoms with Gasteiger partial charge in [-0.1, -0.05) is 31.4 Å². The summed E-state index contributed by atoms with van der Waals surface area (Å²) in [5, 5.41) is 2.83. The maximum absolute atomic E-state index is 11.4. The number of ether oxygens (including phenoxy) is 1. The highest BCUT2D eigenvalue weighted by Gasteiger charge is 2.15. The third kappa shape index (κ3) is 5.88. The van der Waals surface area contributed by atoms with E-state index < -0.39 is 0 Å². The van der Waals surface area contributed by atoms with Gasteiger partial charge in [0.2, 0.25) is 5.91 Å². The Morgan fingerprint density at radius 1 is 1.18 bits per heavy atom. The average molecular weight is 324 g/mol. The molecule has 0 spiro atoms. The molecule has 4 heteroatoms. The molecule has 2 rings (SSSR count). The fraction of sp³-hybridized carbons (Fsp3) is 0.611. The third-order valence-corrected chi connectivity index (χ3v) is 4.45. The van der Waals surface area contributed by atoms with E-state index in [-0.39, 0.29) is 5.91 Å². The van der Waals surface area contributed by atoms with Crippen LogP contribution in [0.1, 0.15) is 56.4 Å². The van der Waals surface area contributed by atoms with Gasteiger partial charge in [0.25, 0.3) is 0 Å². The predicted octanol–water partition coefficient (Wildman–Crippen LogP) is 4.25. The maximum Gasteiger partial charge on any atom is 0.220 e. The summed E-state index contributed by atoms with van der Waals surface area (Å²) < 4.78 is 5.66. The molecular weight excluding hydrogens is 298 g/mol. The van der Waals surface area contributed by atoms with E-state index in [2.05, 4.69) is 17.4 Å². The van der Waals surface area contributed by atoms with Gasteiger partial charge in [-0.2, -0.15) is 0 Å². The summed E-state index contributed by atoms with van der Waals surface area (Å²) in [5.74, 6) is 2.16. The number of alkyl halides is 1. The first-order valence-corrected chi connectivity index (χ1v) is 8.88. The van der Waals surface area contributed by atoms with E-state index in [0.717, 1.165) is 18.1 Å². The SMILES string of the molecule is O=C(CCCCl)NCCOc1ccc(C2CCCCC2)cc1. The first-order chi connectivity index (χ1) is 10.8. The molecule has 1 aliphatic carbocycles. The van der Waals surface area contributed by atoms with E-state index in [4.69, 9.17) is 16.3 Å². The molecule has 3 nitrogen and oxygen atoms in total. The third-order valence-electron chi connectivity index (χ3n) is 4.19. The number of carbonyl (C=O) groups excluding carboxylic acids is 1. The molecule has 0 saturated heterocycles. The van der Waals surface area contributed by atoms with E-state index in [1.165, 1.54) is 37.7 Å². The lowest BCUT2D eigenvalue weighted by Gasteiger charge is -2.22. The minimum Gasteiger partial charge on any atom is -0.492 e. The normalized spacial score (nSPS) is 15.5. The topological polar surface area (TPSA) is 38.3 Å². The fourth-order valence-electron chi connectivity index (χ4n) is 2.95. The van der Waals surface area contributed by atoms with Crippen LogP contribution in [0.25, 0.3) is 0 Å². The van der Waals surface area contributed by atoms with Crippen molar-refractivity contribution in [3.05, 3.63) is 29.8 Å². The maximum atomic E-state index is 11.4. The highest BCUT2D eigenvalue weighted by Crippen LogP contribution is 2.33. The molecule has 0 aromatic heterocycles. The van der Waals surface area contributed by atoms with Crippen molar-refractivity contribution >= 4 is 17.5 Å². The van der Waals surface area contributed by atoms with E-state index in [1.807, 2.05) is 12.1 Å². The lowest BCUT2D eigenvalue weighted by Crippen LogP contribution is -2.27. The second-order valence-electron chi connectivity index (χ2n) is 5.89. The van der Waals surface area contributed by atoms with Crippen LogP contribution in [0, 0.1) is 0 Å². The molecule has 1 N–H and O–H groups in total. The molecule has 22 heavy (non-hydrogen) atoms. The van der Waals surface area contributed by atoms with E-state index in [9.17, 15) is 4.79 Å². The van der Waals surface area contributed by atoms with Crippen LogP contribution in [0.2, 0.25) is 0 Å². The molecule has 1 amide bonds. The van der Waals surface area contributed by atoms with E-state index in [1.54, 1.807) is 0 Å². The molecule has 1 aromatic rings. The van der Waals surface area contributed by atoms with Crippen LogP contribution in [0.5, 0.6) is 5.75 Å². The van der Waals surface area contributed by atoms with Crippen molar-refractivity contribution in [2.75, 3.05) is 19.0 Å². The van der Waals surface area contributed by atoms with E-state index in [0.29, 0.717) is 25.5 Å². The Balaban J connectivity index is 1.67. The van der Waals surface area contributed by atoms with Crippen molar-refractivity contribution in [1.29, 1.82) is 0 Å². The molecule has 0 bridgehead atoms. The summed E-state index contributed by atoms with van der Waals surface area (Å²) in [7, 11) is 0. The Labute approximate surface area is 138 Å². The number of nitrogens with one attached hydrogen (secondary N) is 1. The first kappa shape index (κ1) is 17.1. The Hall–Kier alpha value is -1.22. The Morgan fingerprint density at radius 3 is 2.59 bits per heavy atom. The zero-order chi connectivity index (χ0) is 15.6. The van der Waals surface area contributed by atoms with Crippen LogP contribution in [-0.2, 0) is 4.79 Å². The van der Waals surface area contributed by atoms with Crippen molar-refractivity contribution in [3.8, 4) is 5.75 Å². The van der Waals surface area contributed by atoms with Crippen molar-refractivity contribution in [2.45, 2.75) is 50.9 Å². The molecule has 0 unspecified atom stereocenters. The van der Waals surface area contributed by atoms with E-state index >= 15 is 0 Å². The van der Waals surface area contributed by atoms with Crippen LogP contribution in [0.3, 0.4) is 0 Å². The van der Waals surface area contributed by atoms with Crippen LogP contribution in [-0.4, -0.2) is 24.9 Å². The van der Waals surface area contributed by atoms with Crippen LogP contribution in [0.15, 0.2) is 24.3 Å². The molecule has 1 saturated carbocycles. The Morgan fingerprint density at radius 2 is 1.91 bits per heavy atom. The molecule has 0 atom stereocenters. The summed E-state index contributed by atoms with van der Waals surface area (Å²) in [4.78, 5) is 11.4. The summed E-state index contributed by atoms with van der Waals surface area (Å²) in [6, 6.07) is 8.45. The van der Waals surface area contributed by atoms with Crippen LogP contribution < -0.4 is 10.1 Å². The second kappa shape index (κ2) is 9.73. The highest BCUT2D eigenvalue weighted by atomic mass is 35.5. The number of hydrogen-bond donors (Lipinski definition) is 1.